The van der Waals surface area contributed by atoms with Gasteiger partial charge in [0, 0.05) is 12.2 Å². The summed E-state index contributed by atoms with van der Waals surface area (Å²) in [5, 5.41) is 0. The largest absolute Gasteiger partial charge is 0.370 e. The fourth-order valence-electron chi connectivity index (χ4n) is 1.42. The van der Waals surface area contributed by atoms with Crippen LogP contribution < -0.4 is 0 Å². The highest BCUT2D eigenvalue weighted by Crippen LogP contribution is 2.13. The molecule has 16 heavy (non-hydrogen) atoms. The molecule has 1 unspecified atom stereocenters. The Labute approximate surface area is 93.2 Å². The van der Waals surface area contributed by atoms with Gasteiger partial charge in [0.15, 0.2) is 17.4 Å². The maximum atomic E-state index is 12.9. The molecule has 0 radical (unpaired) electrons. The molecule has 1 aromatic rings. The standard InChI is InChI=1S/C12H14F2O2/c1-3-11(16-4-2)12(15)8-5-6-9(13)10(14)7-8/h5-7,11H,3-4H2,1-2H3. The molecule has 0 aliphatic heterocycles. The number of ether oxygens (including phenoxy) is 1. The maximum Gasteiger partial charge on any atom is 0.191 e. The molecule has 0 heterocycles. The second-order valence-electron chi connectivity index (χ2n) is 3.35. The molecule has 4 heteroatoms. The van der Waals surface area contributed by atoms with Gasteiger partial charge in [0.2, 0.25) is 0 Å². The van der Waals surface area contributed by atoms with Gasteiger partial charge >= 0.3 is 0 Å². The molecular weight excluding hydrogens is 214 g/mol. The molecule has 0 bridgehead atoms. The zero-order valence-electron chi connectivity index (χ0n) is 9.30. The van der Waals surface area contributed by atoms with Gasteiger partial charge in [-0.05, 0) is 31.5 Å². The van der Waals surface area contributed by atoms with Gasteiger partial charge in [-0.15, -0.1) is 0 Å². The third kappa shape index (κ3) is 2.85. The normalized spacial score (nSPS) is 12.5. The van der Waals surface area contributed by atoms with Gasteiger partial charge in [-0.2, -0.15) is 0 Å². The predicted octanol–water partition coefficient (Wildman–Crippen LogP) is 2.96. The zero-order valence-corrected chi connectivity index (χ0v) is 9.30. The highest BCUT2D eigenvalue weighted by molar-refractivity contribution is 5.99. The first kappa shape index (κ1) is 12.8. The van der Waals surface area contributed by atoms with E-state index in [-0.39, 0.29) is 11.3 Å². The number of hydrogen-bond donors (Lipinski definition) is 0. The Morgan fingerprint density at radius 2 is 2.00 bits per heavy atom. The minimum absolute atomic E-state index is 0.138. The number of rotatable bonds is 5. The number of ketones is 1. The number of hydrogen-bond acceptors (Lipinski definition) is 2. The van der Waals surface area contributed by atoms with E-state index in [9.17, 15) is 13.6 Å². The van der Waals surface area contributed by atoms with E-state index in [0.717, 1.165) is 12.1 Å². The molecule has 1 aromatic carbocycles. The average Bonchev–Trinajstić information content (AvgIpc) is 2.28. The molecule has 0 saturated carbocycles. The lowest BCUT2D eigenvalue weighted by molar-refractivity contribution is 0.0443. The summed E-state index contributed by atoms with van der Waals surface area (Å²) < 4.78 is 30.8. The average molecular weight is 228 g/mol. The van der Waals surface area contributed by atoms with E-state index in [1.807, 2.05) is 0 Å². The molecule has 0 aromatic heterocycles. The molecule has 1 rings (SSSR count). The summed E-state index contributed by atoms with van der Waals surface area (Å²) in [6, 6.07) is 3.11. The van der Waals surface area contributed by atoms with Crippen molar-refractivity contribution in [1.82, 2.24) is 0 Å². The van der Waals surface area contributed by atoms with Gasteiger partial charge in [0.25, 0.3) is 0 Å². The van der Waals surface area contributed by atoms with Crippen LogP contribution in [0.5, 0.6) is 0 Å². The highest BCUT2D eigenvalue weighted by Gasteiger charge is 2.19. The first-order chi connectivity index (χ1) is 7.60. The summed E-state index contributed by atoms with van der Waals surface area (Å²) >= 11 is 0. The monoisotopic (exact) mass is 228 g/mol. The number of carbonyl (C=O) groups excluding carboxylic acids is 1. The van der Waals surface area contributed by atoms with Crippen LogP contribution in [0.15, 0.2) is 18.2 Å². The van der Waals surface area contributed by atoms with Crippen molar-refractivity contribution in [2.75, 3.05) is 6.61 Å². The van der Waals surface area contributed by atoms with Gasteiger partial charge in [-0.1, -0.05) is 6.92 Å². The van der Waals surface area contributed by atoms with Crippen molar-refractivity contribution in [2.24, 2.45) is 0 Å². The summed E-state index contributed by atoms with van der Waals surface area (Å²) in [5.41, 5.74) is 0.138. The minimum Gasteiger partial charge on any atom is -0.370 e. The Balaban J connectivity index is 2.90. The number of halogens is 2. The van der Waals surface area contributed by atoms with E-state index < -0.39 is 17.7 Å². The van der Waals surface area contributed by atoms with Gasteiger partial charge in [0.05, 0.1) is 0 Å². The number of Topliss-reactive ketones (excluding diaryl/α,β-unsaturated/α-hetero) is 1. The van der Waals surface area contributed by atoms with Gasteiger partial charge < -0.3 is 4.74 Å². The van der Waals surface area contributed by atoms with Gasteiger partial charge in [-0.3, -0.25) is 4.79 Å². The van der Waals surface area contributed by atoms with Crippen LogP contribution in [0.4, 0.5) is 8.78 Å². The van der Waals surface area contributed by atoms with Gasteiger partial charge in [-0.25, -0.2) is 8.78 Å². The van der Waals surface area contributed by atoms with E-state index in [2.05, 4.69) is 0 Å². The van der Waals surface area contributed by atoms with Crippen LogP contribution in [0.1, 0.15) is 30.6 Å². The Hall–Kier alpha value is -1.29. The van der Waals surface area contributed by atoms with Crippen molar-refractivity contribution in [3.63, 3.8) is 0 Å². The lowest BCUT2D eigenvalue weighted by atomic mass is 10.0. The molecule has 0 N–H and O–H groups in total. The van der Waals surface area contributed by atoms with Crippen LogP contribution in [0, 0.1) is 11.6 Å². The van der Waals surface area contributed by atoms with Crippen molar-refractivity contribution in [1.29, 1.82) is 0 Å². The zero-order chi connectivity index (χ0) is 12.1. The number of carbonyl (C=O) groups is 1. The van der Waals surface area contributed by atoms with Crippen LogP contribution in [-0.4, -0.2) is 18.5 Å². The van der Waals surface area contributed by atoms with Crippen LogP contribution >= 0.6 is 0 Å². The van der Waals surface area contributed by atoms with E-state index in [0.29, 0.717) is 13.0 Å². The molecule has 2 nitrogen and oxygen atoms in total. The summed E-state index contributed by atoms with van der Waals surface area (Å²) in [7, 11) is 0. The van der Waals surface area contributed by atoms with Crippen molar-refractivity contribution in [3.05, 3.63) is 35.4 Å². The second-order valence-corrected chi connectivity index (χ2v) is 3.35. The van der Waals surface area contributed by atoms with Crippen LogP contribution in [-0.2, 0) is 4.74 Å². The summed E-state index contributed by atoms with van der Waals surface area (Å²) in [6.07, 6.45) is -0.0825. The van der Waals surface area contributed by atoms with Crippen molar-refractivity contribution in [3.8, 4) is 0 Å². The Bertz CT molecular complexity index is 377. The van der Waals surface area contributed by atoms with Crippen molar-refractivity contribution < 1.29 is 18.3 Å². The van der Waals surface area contributed by atoms with Crippen LogP contribution in [0.3, 0.4) is 0 Å². The topological polar surface area (TPSA) is 26.3 Å². The third-order valence-electron chi connectivity index (χ3n) is 2.24. The Morgan fingerprint density at radius 1 is 1.31 bits per heavy atom. The first-order valence-corrected chi connectivity index (χ1v) is 5.21. The van der Waals surface area contributed by atoms with Crippen LogP contribution in [0.2, 0.25) is 0 Å². The van der Waals surface area contributed by atoms with Crippen molar-refractivity contribution in [2.45, 2.75) is 26.4 Å². The highest BCUT2D eigenvalue weighted by atomic mass is 19.2. The third-order valence-corrected chi connectivity index (χ3v) is 2.24. The van der Waals surface area contributed by atoms with E-state index in [4.69, 9.17) is 4.74 Å². The van der Waals surface area contributed by atoms with E-state index >= 15 is 0 Å². The smallest absolute Gasteiger partial charge is 0.191 e. The molecule has 0 saturated heterocycles. The molecule has 0 fully saturated rings. The molecule has 0 spiro atoms. The lowest BCUT2D eigenvalue weighted by Gasteiger charge is -2.13. The fourth-order valence-corrected chi connectivity index (χ4v) is 1.42. The van der Waals surface area contributed by atoms with Crippen molar-refractivity contribution >= 4 is 5.78 Å². The molecule has 0 amide bonds. The summed E-state index contributed by atoms with van der Waals surface area (Å²) in [6.45, 7) is 3.99. The molecule has 0 aliphatic carbocycles. The lowest BCUT2D eigenvalue weighted by Crippen LogP contribution is -2.23. The molecule has 0 aliphatic rings. The quantitative estimate of drug-likeness (QED) is 0.724. The second kappa shape index (κ2) is 5.70. The summed E-state index contributed by atoms with van der Waals surface area (Å²) in [4.78, 5) is 11.8. The van der Waals surface area contributed by atoms with Gasteiger partial charge in [0.1, 0.15) is 6.10 Å². The molecule has 1 atom stereocenters. The fraction of sp³-hybridized carbons (Fsp3) is 0.417. The molecular formula is C12H14F2O2. The minimum atomic E-state index is -1.02. The summed E-state index contributed by atoms with van der Waals surface area (Å²) in [5.74, 6) is -2.29. The van der Waals surface area contributed by atoms with E-state index in [1.165, 1.54) is 6.07 Å². The Morgan fingerprint density at radius 3 is 2.50 bits per heavy atom. The van der Waals surface area contributed by atoms with E-state index in [1.54, 1.807) is 13.8 Å². The molecule has 88 valence electrons. The first-order valence-electron chi connectivity index (χ1n) is 5.21. The Kier molecular flexibility index (Phi) is 4.55. The van der Waals surface area contributed by atoms with Crippen LogP contribution in [0.25, 0.3) is 0 Å². The maximum absolute atomic E-state index is 12.9. The SMILES string of the molecule is CCOC(CC)C(=O)c1ccc(F)c(F)c1. The predicted molar refractivity (Wildman–Crippen MR) is 56.4 cm³/mol. The number of benzene rings is 1.